The van der Waals surface area contributed by atoms with Gasteiger partial charge in [-0.2, -0.15) is 0 Å². The molecule has 1 aromatic heterocycles. The lowest BCUT2D eigenvalue weighted by atomic mass is 10.2. The van der Waals surface area contributed by atoms with E-state index in [-0.39, 0.29) is 0 Å². The predicted octanol–water partition coefficient (Wildman–Crippen LogP) is 5.05. The summed E-state index contributed by atoms with van der Waals surface area (Å²) in [6.07, 6.45) is 0. The second-order valence-electron chi connectivity index (χ2n) is 4.24. The van der Waals surface area contributed by atoms with Gasteiger partial charge in [0.05, 0.1) is 5.69 Å². The van der Waals surface area contributed by atoms with Crippen LogP contribution in [0.4, 0.5) is 0 Å². The standard InChI is InChI=1S/C15H11Cl2NO/c16-10-3-1-4-12(7-10)19-9-11-8-13-14(17)5-2-6-15(13)18-11/h1-8,18H,9H2. The van der Waals surface area contributed by atoms with E-state index in [9.17, 15) is 0 Å². The number of hydrogen-bond acceptors (Lipinski definition) is 1. The SMILES string of the molecule is Clc1cccc(OCc2cc3c(Cl)cccc3[nH]2)c1. The van der Waals surface area contributed by atoms with Gasteiger partial charge in [-0.05, 0) is 36.4 Å². The molecule has 4 heteroatoms. The molecule has 0 spiro atoms. The quantitative estimate of drug-likeness (QED) is 0.717. The van der Waals surface area contributed by atoms with Gasteiger partial charge < -0.3 is 9.72 Å². The zero-order chi connectivity index (χ0) is 13.2. The number of H-pyrrole nitrogens is 1. The second kappa shape index (κ2) is 5.16. The molecule has 1 N–H and O–H groups in total. The molecule has 0 atom stereocenters. The number of aromatic nitrogens is 1. The summed E-state index contributed by atoms with van der Waals surface area (Å²) >= 11 is 12.0. The van der Waals surface area contributed by atoms with E-state index in [4.69, 9.17) is 27.9 Å². The summed E-state index contributed by atoms with van der Waals surface area (Å²) in [6.45, 7) is 0.450. The van der Waals surface area contributed by atoms with Crippen LogP contribution in [0.3, 0.4) is 0 Å². The minimum absolute atomic E-state index is 0.450. The van der Waals surface area contributed by atoms with Gasteiger partial charge in [0.15, 0.2) is 0 Å². The number of benzene rings is 2. The first-order chi connectivity index (χ1) is 9.22. The Hall–Kier alpha value is -1.64. The molecule has 0 aliphatic carbocycles. The number of aromatic amines is 1. The first-order valence-corrected chi connectivity index (χ1v) is 6.62. The molecule has 0 amide bonds. The van der Waals surface area contributed by atoms with Crippen LogP contribution in [0.1, 0.15) is 5.69 Å². The average Bonchev–Trinajstić information content (AvgIpc) is 2.81. The minimum Gasteiger partial charge on any atom is -0.487 e. The maximum Gasteiger partial charge on any atom is 0.128 e. The Balaban J connectivity index is 1.80. The van der Waals surface area contributed by atoms with Crippen molar-refractivity contribution in [3.63, 3.8) is 0 Å². The molecule has 0 saturated carbocycles. The van der Waals surface area contributed by atoms with E-state index in [2.05, 4.69) is 4.98 Å². The van der Waals surface area contributed by atoms with Crippen LogP contribution >= 0.6 is 23.2 Å². The van der Waals surface area contributed by atoms with Crippen molar-refractivity contribution in [2.45, 2.75) is 6.61 Å². The highest BCUT2D eigenvalue weighted by Gasteiger charge is 2.04. The van der Waals surface area contributed by atoms with Crippen molar-refractivity contribution in [1.82, 2.24) is 4.98 Å². The first kappa shape index (κ1) is 12.4. The highest BCUT2D eigenvalue weighted by Crippen LogP contribution is 2.25. The van der Waals surface area contributed by atoms with Crippen molar-refractivity contribution in [2.24, 2.45) is 0 Å². The van der Waals surface area contributed by atoms with Crippen molar-refractivity contribution >= 4 is 34.1 Å². The lowest BCUT2D eigenvalue weighted by molar-refractivity contribution is 0.302. The maximum absolute atomic E-state index is 6.13. The van der Waals surface area contributed by atoms with Crippen LogP contribution in [0, 0.1) is 0 Å². The van der Waals surface area contributed by atoms with Crippen LogP contribution in [0.2, 0.25) is 10.0 Å². The monoisotopic (exact) mass is 291 g/mol. The van der Waals surface area contributed by atoms with E-state index < -0.39 is 0 Å². The van der Waals surface area contributed by atoms with Crippen LogP contribution in [0.15, 0.2) is 48.5 Å². The third kappa shape index (κ3) is 2.70. The van der Waals surface area contributed by atoms with Gasteiger partial charge in [0.25, 0.3) is 0 Å². The van der Waals surface area contributed by atoms with E-state index >= 15 is 0 Å². The molecule has 3 aromatic rings. The van der Waals surface area contributed by atoms with Gasteiger partial charge in [0, 0.05) is 20.9 Å². The third-order valence-electron chi connectivity index (χ3n) is 2.86. The summed E-state index contributed by atoms with van der Waals surface area (Å²) < 4.78 is 5.68. The first-order valence-electron chi connectivity index (χ1n) is 5.87. The summed E-state index contributed by atoms with van der Waals surface area (Å²) in [6, 6.07) is 15.1. The molecule has 0 unspecified atom stereocenters. The zero-order valence-corrected chi connectivity index (χ0v) is 11.5. The average molecular weight is 292 g/mol. The smallest absolute Gasteiger partial charge is 0.128 e. The molecule has 0 bridgehead atoms. The molecular formula is C15H11Cl2NO. The Labute approximate surface area is 120 Å². The predicted molar refractivity (Wildman–Crippen MR) is 79.1 cm³/mol. The summed E-state index contributed by atoms with van der Waals surface area (Å²) in [5.74, 6) is 0.747. The number of ether oxygens (including phenoxy) is 1. The summed E-state index contributed by atoms with van der Waals surface area (Å²) in [5, 5.41) is 2.41. The molecule has 0 saturated heterocycles. The topological polar surface area (TPSA) is 25.0 Å². The van der Waals surface area contributed by atoms with Crippen molar-refractivity contribution in [2.75, 3.05) is 0 Å². The van der Waals surface area contributed by atoms with Crippen molar-refractivity contribution in [3.05, 3.63) is 64.3 Å². The van der Waals surface area contributed by atoms with Crippen molar-refractivity contribution < 1.29 is 4.74 Å². The van der Waals surface area contributed by atoms with Gasteiger partial charge >= 0.3 is 0 Å². The van der Waals surface area contributed by atoms with Crippen LogP contribution in [-0.2, 0) is 6.61 Å². The molecule has 1 heterocycles. The van der Waals surface area contributed by atoms with Crippen LogP contribution in [0.25, 0.3) is 10.9 Å². The normalized spacial score (nSPS) is 10.8. The molecule has 0 aliphatic heterocycles. The van der Waals surface area contributed by atoms with E-state index in [1.54, 1.807) is 6.07 Å². The fraction of sp³-hybridized carbons (Fsp3) is 0.0667. The Bertz CT molecular complexity index is 721. The molecular weight excluding hydrogens is 281 g/mol. The number of nitrogens with one attached hydrogen (secondary N) is 1. The Morgan fingerprint density at radius 2 is 1.84 bits per heavy atom. The Kier molecular flexibility index (Phi) is 3.36. The highest BCUT2D eigenvalue weighted by atomic mass is 35.5. The Morgan fingerprint density at radius 3 is 2.63 bits per heavy atom. The van der Waals surface area contributed by atoms with E-state index in [0.717, 1.165) is 27.4 Å². The third-order valence-corrected chi connectivity index (χ3v) is 3.42. The molecule has 2 nitrogen and oxygen atoms in total. The molecule has 2 aromatic carbocycles. The largest absolute Gasteiger partial charge is 0.487 e. The van der Waals surface area contributed by atoms with Gasteiger partial charge in [-0.25, -0.2) is 0 Å². The maximum atomic E-state index is 6.13. The van der Waals surface area contributed by atoms with Gasteiger partial charge in [-0.15, -0.1) is 0 Å². The second-order valence-corrected chi connectivity index (χ2v) is 5.09. The summed E-state index contributed by atoms with van der Waals surface area (Å²) in [4.78, 5) is 3.28. The van der Waals surface area contributed by atoms with Crippen LogP contribution in [-0.4, -0.2) is 4.98 Å². The summed E-state index contributed by atoms with van der Waals surface area (Å²) in [7, 11) is 0. The van der Waals surface area contributed by atoms with Crippen LogP contribution < -0.4 is 4.74 Å². The van der Waals surface area contributed by atoms with E-state index in [1.165, 1.54) is 0 Å². The van der Waals surface area contributed by atoms with Crippen molar-refractivity contribution in [3.8, 4) is 5.75 Å². The molecule has 0 aliphatic rings. The molecule has 19 heavy (non-hydrogen) atoms. The van der Waals surface area contributed by atoms with Crippen molar-refractivity contribution in [1.29, 1.82) is 0 Å². The molecule has 0 fully saturated rings. The zero-order valence-electron chi connectivity index (χ0n) is 9.99. The number of halogens is 2. The fourth-order valence-electron chi connectivity index (χ4n) is 1.97. The van der Waals surface area contributed by atoms with E-state index in [0.29, 0.717) is 11.6 Å². The highest BCUT2D eigenvalue weighted by molar-refractivity contribution is 6.35. The van der Waals surface area contributed by atoms with Gasteiger partial charge in [-0.3, -0.25) is 0 Å². The molecule has 0 radical (unpaired) electrons. The van der Waals surface area contributed by atoms with E-state index in [1.807, 2.05) is 42.5 Å². The van der Waals surface area contributed by atoms with Gasteiger partial charge in [0.2, 0.25) is 0 Å². The lowest BCUT2D eigenvalue weighted by Crippen LogP contribution is -1.95. The number of fused-ring (bicyclic) bond motifs is 1. The molecule has 3 rings (SSSR count). The fourth-order valence-corrected chi connectivity index (χ4v) is 2.38. The number of hydrogen-bond donors (Lipinski definition) is 1. The van der Waals surface area contributed by atoms with Gasteiger partial charge in [0.1, 0.15) is 12.4 Å². The minimum atomic E-state index is 0.450. The van der Waals surface area contributed by atoms with Gasteiger partial charge in [-0.1, -0.05) is 35.3 Å². The van der Waals surface area contributed by atoms with Crippen LogP contribution in [0.5, 0.6) is 5.75 Å². The Morgan fingerprint density at radius 1 is 1.00 bits per heavy atom. The summed E-state index contributed by atoms with van der Waals surface area (Å²) in [5.41, 5.74) is 1.99. The molecule has 96 valence electrons. The lowest BCUT2D eigenvalue weighted by Gasteiger charge is -2.04. The number of rotatable bonds is 3.